The number of hydrogen-bond donors (Lipinski definition) is 1. The van der Waals surface area contributed by atoms with E-state index < -0.39 is 0 Å². The smallest absolute Gasteiger partial charge is 0.0888 e. The summed E-state index contributed by atoms with van der Waals surface area (Å²) in [6.45, 7) is 2.67. The number of nitrogens with zero attached hydrogens (tertiary/aromatic N) is 2. The molecule has 1 heterocycles. The van der Waals surface area contributed by atoms with E-state index >= 15 is 0 Å². The highest BCUT2D eigenvalue weighted by Crippen LogP contribution is 2.20. The molecule has 2 N–H and O–H groups in total. The molecule has 4 heteroatoms. The van der Waals surface area contributed by atoms with Crippen LogP contribution in [-0.2, 0) is 18.4 Å². The van der Waals surface area contributed by atoms with Crippen LogP contribution in [0.25, 0.3) is 0 Å². The first-order valence-corrected chi connectivity index (χ1v) is 6.02. The normalized spacial score (nSPS) is 25.9. The van der Waals surface area contributed by atoms with E-state index in [2.05, 4.69) is 11.2 Å². The van der Waals surface area contributed by atoms with Gasteiger partial charge in [0, 0.05) is 13.1 Å². The molecule has 0 radical (unpaired) electrons. The zero-order valence-electron chi connectivity index (χ0n) is 10.1. The van der Waals surface area contributed by atoms with Crippen molar-refractivity contribution in [2.45, 2.75) is 51.4 Å². The van der Waals surface area contributed by atoms with Gasteiger partial charge in [0.15, 0.2) is 0 Å². The summed E-state index contributed by atoms with van der Waals surface area (Å²) in [6.07, 6.45) is 4.76. The van der Waals surface area contributed by atoms with Gasteiger partial charge >= 0.3 is 0 Å². The van der Waals surface area contributed by atoms with Gasteiger partial charge in [0.1, 0.15) is 0 Å². The zero-order valence-corrected chi connectivity index (χ0v) is 10.1. The van der Waals surface area contributed by atoms with Gasteiger partial charge in [0.2, 0.25) is 0 Å². The number of aromatic nitrogens is 2. The van der Waals surface area contributed by atoms with Gasteiger partial charge in [0.05, 0.1) is 24.1 Å². The van der Waals surface area contributed by atoms with E-state index in [0.29, 0.717) is 18.8 Å². The molecule has 0 atom stereocenters. The second kappa shape index (κ2) is 4.97. The summed E-state index contributed by atoms with van der Waals surface area (Å²) < 4.78 is 7.79. The van der Waals surface area contributed by atoms with E-state index in [1.165, 1.54) is 0 Å². The Kier molecular flexibility index (Phi) is 3.61. The molecular formula is C12H21N3O. The minimum absolute atomic E-state index is 0.384. The van der Waals surface area contributed by atoms with E-state index in [9.17, 15) is 0 Å². The van der Waals surface area contributed by atoms with E-state index in [1.807, 2.05) is 18.7 Å². The third-order valence-electron chi connectivity index (χ3n) is 3.28. The number of nitrogens with two attached hydrogens (primary N) is 1. The molecular weight excluding hydrogens is 202 g/mol. The van der Waals surface area contributed by atoms with Crippen molar-refractivity contribution in [1.29, 1.82) is 0 Å². The lowest BCUT2D eigenvalue weighted by Crippen LogP contribution is -2.30. The van der Waals surface area contributed by atoms with Crippen LogP contribution in [0.5, 0.6) is 0 Å². The van der Waals surface area contributed by atoms with Gasteiger partial charge in [-0.1, -0.05) is 0 Å². The molecule has 1 aliphatic rings. The quantitative estimate of drug-likeness (QED) is 0.845. The summed E-state index contributed by atoms with van der Waals surface area (Å²) in [5, 5.41) is 4.30. The van der Waals surface area contributed by atoms with Gasteiger partial charge in [-0.15, -0.1) is 0 Å². The summed E-state index contributed by atoms with van der Waals surface area (Å²) >= 11 is 0. The van der Waals surface area contributed by atoms with Crippen molar-refractivity contribution < 1.29 is 4.74 Å². The summed E-state index contributed by atoms with van der Waals surface area (Å²) in [7, 11) is 1.96. The van der Waals surface area contributed by atoms with Crippen LogP contribution in [0.15, 0.2) is 6.07 Å². The average Bonchev–Trinajstić information content (AvgIpc) is 2.57. The fourth-order valence-corrected chi connectivity index (χ4v) is 2.26. The second-order valence-electron chi connectivity index (χ2n) is 4.75. The Labute approximate surface area is 96.8 Å². The molecule has 4 nitrogen and oxygen atoms in total. The van der Waals surface area contributed by atoms with Crippen LogP contribution >= 0.6 is 0 Å². The Morgan fingerprint density at radius 1 is 1.44 bits per heavy atom. The van der Waals surface area contributed by atoms with Crippen molar-refractivity contribution in [3.8, 4) is 0 Å². The van der Waals surface area contributed by atoms with Crippen LogP contribution in [0, 0.1) is 6.92 Å². The van der Waals surface area contributed by atoms with Crippen LogP contribution < -0.4 is 5.73 Å². The van der Waals surface area contributed by atoms with Crippen molar-refractivity contribution in [3.05, 3.63) is 17.5 Å². The summed E-state index contributed by atoms with van der Waals surface area (Å²) in [6, 6.07) is 2.47. The topological polar surface area (TPSA) is 53.1 Å². The first kappa shape index (κ1) is 11.6. The van der Waals surface area contributed by atoms with Crippen LogP contribution in [-0.4, -0.2) is 21.9 Å². The van der Waals surface area contributed by atoms with Crippen molar-refractivity contribution in [3.63, 3.8) is 0 Å². The number of ether oxygens (including phenoxy) is 1. The molecule has 0 aromatic carbocycles. The molecule has 1 aromatic rings. The maximum absolute atomic E-state index is 5.90. The molecule has 1 aromatic heterocycles. The minimum atomic E-state index is 0.384. The van der Waals surface area contributed by atoms with Crippen LogP contribution in [0.2, 0.25) is 0 Å². The molecule has 0 aliphatic heterocycles. The van der Waals surface area contributed by atoms with Crippen molar-refractivity contribution in [2.75, 3.05) is 0 Å². The average molecular weight is 223 g/mol. The standard InChI is InChI=1S/C12H21N3O/c1-9-7-11(15(2)14-9)8-16-12-5-3-10(13)4-6-12/h7,10,12H,3-6,8,13H2,1-2H3. The first-order chi connectivity index (χ1) is 7.65. The molecule has 0 unspecified atom stereocenters. The maximum Gasteiger partial charge on any atom is 0.0888 e. The highest BCUT2D eigenvalue weighted by molar-refractivity contribution is 5.07. The van der Waals surface area contributed by atoms with Crippen LogP contribution in [0.4, 0.5) is 0 Å². The SMILES string of the molecule is Cc1cc(COC2CCC(N)CC2)n(C)n1. The molecule has 2 rings (SSSR count). The van der Waals surface area contributed by atoms with Crippen molar-refractivity contribution in [1.82, 2.24) is 9.78 Å². The largest absolute Gasteiger partial charge is 0.372 e. The third-order valence-corrected chi connectivity index (χ3v) is 3.28. The summed E-state index contributed by atoms with van der Waals surface area (Å²) in [5.41, 5.74) is 8.06. The highest BCUT2D eigenvalue weighted by atomic mass is 16.5. The lowest BCUT2D eigenvalue weighted by Gasteiger charge is -2.26. The Hall–Kier alpha value is -0.870. The van der Waals surface area contributed by atoms with Gasteiger partial charge in [-0.3, -0.25) is 4.68 Å². The summed E-state index contributed by atoms with van der Waals surface area (Å²) in [4.78, 5) is 0. The molecule has 0 amide bonds. The Morgan fingerprint density at radius 3 is 2.69 bits per heavy atom. The first-order valence-electron chi connectivity index (χ1n) is 6.02. The fourth-order valence-electron chi connectivity index (χ4n) is 2.26. The number of rotatable bonds is 3. The Balaban J connectivity index is 1.81. The van der Waals surface area contributed by atoms with Gasteiger partial charge in [-0.2, -0.15) is 5.10 Å². The number of aryl methyl sites for hydroxylation is 2. The van der Waals surface area contributed by atoms with E-state index in [0.717, 1.165) is 37.1 Å². The Bertz CT molecular complexity index is 340. The predicted octanol–water partition coefficient (Wildman–Crippen LogP) is 1.52. The van der Waals surface area contributed by atoms with E-state index in [1.54, 1.807) is 0 Å². The molecule has 1 aliphatic carbocycles. The highest BCUT2D eigenvalue weighted by Gasteiger charge is 2.19. The third kappa shape index (κ3) is 2.83. The van der Waals surface area contributed by atoms with Crippen molar-refractivity contribution >= 4 is 0 Å². The Morgan fingerprint density at radius 2 is 2.12 bits per heavy atom. The molecule has 1 fully saturated rings. The molecule has 0 bridgehead atoms. The lowest BCUT2D eigenvalue weighted by atomic mass is 9.94. The molecule has 0 spiro atoms. The predicted molar refractivity (Wildman–Crippen MR) is 63.0 cm³/mol. The van der Waals surface area contributed by atoms with Crippen molar-refractivity contribution in [2.24, 2.45) is 12.8 Å². The molecule has 1 saturated carbocycles. The number of hydrogen-bond acceptors (Lipinski definition) is 3. The molecule has 16 heavy (non-hydrogen) atoms. The van der Waals surface area contributed by atoms with Gasteiger partial charge < -0.3 is 10.5 Å². The van der Waals surface area contributed by atoms with Gasteiger partial charge in [0.25, 0.3) is 0 Å². The van der Waals surface area contributed by atoms with Crippen LogP contribution in [0.3, 0.4) is 0 Å². The van der Waals surface area contributed by atoms with Gasteiger partial charge in [-0.05, 0) is 38.7 Å². The zero-order chi connectivity index (χ0) is 11.5. The molecule has 0 saturated heterocycles. The van der Waals surface area contributed by atoms with Gasteiger partial charge in [-0.25, -0.2) is 0 Å². The molecule has 90 valence electrons. The second-order valence-corrected chi connectivity index (χ2v) is 4.75. The fraction of sp³-hybridized carbons (Fsp3) is 0.750. The van der Waals surface area contributed by atoms with E-state index in [4.69, 9.17) is 10.5 Å². The summed E-state index contributed by atoms with van der Waals surface area (Å²) in [5.74, 6) is 0. The maximum atomic E-state index is 5.90. The lowest BCUT2D eigenvalue weighted by molar-refractivity contribution is 0.0109. The monoisotopic (exact) mass is 223 g/mol. The van der Waals surface area contributed by atoms with E-state index in [-0.39, 0.29) is 0 Å². The van der Waals surface area contributed by atoms with Crippen LogP contribution in [0.1, 0.15) is 37.1 Å². The minimum Gasteiger partial charge on any atom is -0.372 e.